The minimum atomic E-state index is 0.116. The van der Waals surface area contributed by atoms with Crippen LogP contribution in [0.4, 0.5) is 0 Å². The molecular weight excluding hydrogens is 402 g/mol. The zero-order valence-corrected chi connectivity index (χ0v) is 18.0. The highest BCUT2D eigenvalue weighted by Crippen LogP contribution is 2.26. The molecule has 0 saturated carbocycles. The molecule has 0 unspecified atom stereocenters. The van der Waals surface area contributed by atoms with Gasteiger partial charge in [0.2, 0.25) is 5.91 Å². The van der Waals surface area contributed by atoms with E-state index in [0.717, 1.165) is 53.2 Å². The number of benzene rings is 1. The van der Waals surface area contributed by atoms with E-state index in [2.05, 4.69) is 9.88 Å². The monoisotopic (exact) mass is 427 g/mol. The van der Waals surface area contributed by atoms with E-state index in [1.165, 1.54) is 11.3 Å². The van der Waals surface area contributed by atoms with Gasteiger partial charge in [0.15, 0.2) is 10.8 Å². The summed E-state index contributed by atoms with van der Waals surface area (Å²) < 4.78 is 16.2. The van der Waals surface area contributed by atoms with Gasteiger partial charge in [0.25, 0.3) is 0 Å². The molecule has 1 aliphatic rings. The molecule has 0 aliphatic carbocycles. The highest BCUT2D eigenvalue weighted by molar-refractivity contribution is 7.13. The number of rotatable bonds is 7. The Kier molecular flexibility index (Phi) is 6.35. The molecule has 2 aromatic heterocycles. The number of methoxy groups -OCH3 is 2. The van der Waals surface area contributed by atoms with Gasteiger partial charge in [0, 0.05) is 43.7 Å². The lowest BCUT2D eigenvalue weighted by atomic mass is 10.1. The van der Waals surface area contributed by atoms with E-state index < -0.39 is 0 Å². The summed E-state index contributed by atoms with van der Waals surface area (Å²) in [6.45, 7) is 3.82. The van der Waals surface area contributed by atoms with Crippen LogP contribution in [0.5, 0.6) is 11.5 Å². The first kappa shape index (κ1) is 20.4. The van der Waals surface area contributed by atoms with Crippen LogP contribution >= 0.6 is 11.3 Å². The Balaban J connectivity index is 1.31. The molecule has 0 atom stereocenters. The van der Waals surface area contributed by atoms with Crippen molar-refractivity contribution >= 4 is 17.2 Å². The van der Waals surface area contributed by atoms with Crippen LogP contribution in [0.2, 0.25) is 0 Å². The summed E-state index contributed by atoms with van der Waals surface area (Å²) in [6, 6.07) is 9.55. The number of carbonyl (C=O) groups excluding carboxylic acids is 1. The first-order chi connectivity index (χ1) is 14.7. The van der Waals surface area contributed by atoms with E-state index in [1.54, 1.807) is 20.5 Å². The fourth-order valence-electron chi connectivity index (χ4n) is 3.57. The van der Waals surface area contributed by atoms with Gasteiger partial charge in [0.1, 0.15) is 11.5 Å². The average Bonchev–Trinajstić information content (AvgIpc) is 3.46. The molecule has 4 rings (SSSR count). The molecule has 1 amide bonds. The largest absolute Gasteiger partial charge is 0.497 e. The maximum atomic E-state index is 12.7. The predicted molar refractivity (Wildman–Crippen MR) is 115 cm³/mol. The lowest BCUT2D eigenvalue weighted by Crippen LogP contribution is -2.48. The molecule has 3 heterocycles. The molecule has 1 aliphatic heterocycles. The van der Waals surface area contributed by atoms with E-state index in [4.69, 9.17) is 13.9 Å². The maximum absolute atomic E-state index is 12.7. The fraction of sp³-hybridized carbons (Fsp3) is 0.364. The van der Waals surface area contributed by atoms with Crippen LogP contribution in [0, 0.1) is 0 Å². The number of piperazine rings is 1. The van der Waals surface area contributed by atoms with Crippen LogP contribution in [-0.4, -0.2) is 61.1 Å². The number of ether oxygens (including phenoxy) is 2. The molecule has 0 bridgehead atoms. The van der Waals surface area contributed by atoms with Gasteiger partial charge >= 0.3 is 0 Å². The van der Waals surface area contributed by atoms with Crippen LogP contribution < -0.4 is 9.47 Å². The third kappa shape index (κ3) is 4.66. The Morgan fingerprint density at radius 2 is 2.00 bits per heavy atom. The van der Waals surface area contributed by atoms with Crippen LogP contribution in [0.1, 0.15) is 11.3 Å². The third-order valence-corrected chi connectivity index (χ3v) is 6.13. The van der Waals surface area contributed by atoms with E-state index >= 15 is 0 Å². The Morgan fingerprint density at radius 3 is 2.70 bits per heavy atom. The summed E-state index contributed by atoms with van der Waals surface area (Å²) in [5, 5.41) is 2.74. The van der Waals surface area contributed by atoms with Crippen molar-refractivity contribution in [2.24, 2.45) is 0 Å². The zero-order chi connectivity index (χ0) is 20.9. The number of thiazole rings is 1. The molecule has 30 heavy (non-hydrogen) atoms. The number of hydrogen-bond acceptors (Lipinski definition) is 7. The lowest BCUT2D eigenvalue weighted by Gasteiger charge is -2.35. The number of nitrogens with zero attached hydrogens (tertiary/aromatic N) is 3. The van der Waals surface area contributed by atoms with Gasteiger partial charge < -0.3 is 18.8 Å². The SMILES string of the molecule is COc1ccc(OC)c(CN2CCN(C(=O)Cc3csc(-c4ccco4)n3)CC2)c1. The Labute approximate surface area is 179 Å². The van der Waals surface area contributed by atoms with E-state index in [0.29, 0.717) is 19.5 Å². The summed E-state index contributed by atoms with van der Waals surface area (Å²) in [5.41, 5.74) is 1.88. The van der Waals surface area contributed by atoms with Gasteiger partial charge in [-0.25, -0.2) is 4.98 Å². The van der Waals surface area contributed by atoms with Gasteiger partial charge in [-0.3, -0.25) is 9.69 Å². The van der Waals surface area contributed by atoms with Crippen molar-refractivity contribution in [2.75, 3.05) is 40.4 Å². The molecule has 0 radical (unpaired) electrons. The summed E-state index contributed by atoms with van der Waals surface area (Å²) in [5.74, 6) is 2.52. The molecular formula is C22H25N3O4S. The first-order valence-corrected chi connectivity index (χ1v) is 10.7. The Hall–Kier alpha value is -2.84. The normalized spacial score (nSPS) is 14.7. The smallest absolute Gasteiger partial charge is 0.228 e. The minimum Gasteiger partial charge on any atom is -0.497 e. The van der Waals surface area contributed by atoms with E-state index in [-0.39, 0.29) is 5.91 Å². The van der Waals surface area contributed by atoms with Crippen molar-refractivity contribution in [1.82, 2.24) is 14.8 Å². The van der Waals surface area contributed by atoms with Crippen LogP contribution in [0.25, 0.3) is 10.8 Å². The standard InChI is InChI=1S/C22H25N3O4S/c1-27-18-5-6-19(28-2)16(12-18)14-24-7-9-25(10-8-24)21(26)13-17-15-30-22(23-17)20-4-3-11-29-20/h3-6,11-12,15H,7-10,13-14H2,1-2H3. The lowest BCUT2D eigenvalue weighted by molar-refractivity contribution is -0.132. The average molecular weight is 428 g/mol. The van der Waals surface area contributed by atoms with Gasteiger partial charge in [-0.2, -0.15) is 0 Å². The van der Waals surface area contributed by atoms with Crippen LogP contribution in [0.15, 0.2) is 46.4 Å². The molecule has 8 heteroatoms. The number of amides is 1. The van der Waals surface area contributed by atoms with Crippen molar-refractivity contribution < 1.29 is 18.7 Å². The molecule has 0 spiro atoms. The molecule has 1 fully saturated rings. The van der Waals surface area contributed by atoms with Gasteiger partial charge in [-0.1, -0.05) is 0 Å². The molecule has 3 aromatic rings. The highest BCUT2D eigenvalue weighted by Gasteiger charge is 2.23. The van der Waals surface area contributed by atoms with Crippen molar-refractivity contribution in [1.29, 1.82) is 0 Å². The first-order valence-electron chi connectivity index (χ1n) is 9.85. The summed E-state index contributed by atoms with van der Waals surface area (Å²) >= 11 is 1.50. The number of furan rings is 1. The van der Waals surface area contributed by atoms with E-state index in [9.17, 15) is 4.79 Å². The maximum Gasteiger partial charge on any atom is 0.228 e. The Bertz CT molecular complexity index is 978. The molecule has 1 aromatic carbocycles. The summed E-state index contributed by atoms with van der Waals surface area (Å²) in [6.07, 6.45) is 1.95. The minimum absolute atomic E-state index is 0.116. The number of aromatic nitrogens is 1. The molecule has 0 N–H and O–H groups in total. The van der Waals surface area contributed by atoms with Crippen LogP contribution in [0.3, 0.4) is 0 Å². The fourth-order valence-corrected chi connectivity index (χ4v) is 4.36. The summed E-state index contributed by atoms with van der Waals surface area (Å²) in [4.78, 5) is 21.5. The summed E-state index contributed by atoms with van der Waals surface area (Å²) in [7, 11) is 3.34. The van der Waals surface area contributed by atoms with Gasteiger partial charge in [-0.05, 0) is 30.3 Å². The quantitative estimate of drug-likeness (QED) is 0.576. The van der Waals surface area contributed by atoms with Gasteiger partial charge in [0.05, 0.1) is 32.6 Å². The number of hydrogen-bond donors (Lipinski definition) is 0. The second-order valence-corrected chi connectivity index (χ2v) is 7.99. The zero-order valence-electron chi connectivity index (χ0n) is 17.2. The highest BCUT2D eigenvalue weighted by atomic mass is 32.1. The molecule has 158 valence electrons. The van der Waals surface area contributed by atoms with Crippen molar-refractivity contribution in [2.45, 2.75) is 13.0 Å². The predicted octanol–water partition coefficient (Wildman–Crippen LogP) is 3.31. The van der Waals surface area contributed by atoms with Gasteiger partial charge in [-0.15, -0.1) is 11.3 Å². The van der Waals surface area contributed by atoms with Crippen LogP contribution in [-0.2, 0) is 17.8 Å². The topological polar surface area (TPSA) is 68.0 Å². The van der Waals surface area contributed by atoms with E-state index in [1.807, 2.05) is 40.6 Å². The second kappa shape index (κ2) is 9.32. The van der Waals surface area contributed by atoms with Crippen molar-refractivity contribution in [3.63, 3.8) is 0 Å². The number of carbonyl (C=O) groups is 1. The second-order valence-electron chi connectivity index (χ2n) is 7.13. The Morgan fingerprint density at radius 1 is 1.17 bits per heavy atom. The third-order valence-electron chi connectivity index (χ3n) is 5.22. The molecule has 7 nitrogen and oxygen atoms in total. The van der Waals surface area contributed by atoms with Crippen molar-refractivity contribution in [3.05, 3.63) is 53.2 Å². The molecule has 1 saturated heterocycles. The van der Waals surface area contributed by atoms with Crippen molar-refractivity contribution in [3.8, 4) is 22.3 Å².